The summed E-state index contributed by atoms with van der Waals surface area (Å²) in [5.74, 6) is 1.27. The Balaban J connectivity index is 2.24. The molecule has 0 saturated carbocycles. The van der Waals surface area contributed by atoms with Gasteiger partial charge in [-0.15, -0.1) is 0 Å². The number of carbonyl (C=O) groups is 1. The number of hydrogen-bond acceptors (Lipinski definition) is 7. The van der Waals surface area contributed by atoms with Crippen LogP contribution in [0.25, 0.3) is 17.0 Å². The molecule has 7 heteroatoms. The second kappa shape index (κ2) is 9.47. The smallest absolute Gasteiger partial charge is 0.203 e. The minimum atomic E-state index is -0.307. The van der Waals surface area contributed by atoms with E-state index in [2.05, 4.69) is 6.92 Å². The van der Waals surface area contributed by atoms with Crippen molar-refractivity contribution in [1.82, 2.24) is 0 Å². The maximum Gasteiger partial charge on any atom is 0.203 e. The van der Waals surface area contributed by atoms with Crippen LogP contribution in [0.1, 0.15) is 41.4 Å². The summed E-state index contributed by atoms with van der Waals surface area (Å²) in [6.07, 6.45) is 5.45. The van der Waals surface area contributed by atoms with Gasteiger partial charge in [0.1, 0.15) is 5.76 Å². The second-order valence-electron chi connectivity index (χ2n) is 6.77. The highest BCUT2D eigenvalue weighted by molar-refractivity contribution is 6.19. The molecular formula is C24H26O7. The number of phenolic OH excluding ortho intramolecular Hbond substituents is 1. The molecule has 0 fully saturated rings. The van der Waals surface area contributed by atoms with Gasteiger partial charge in [0, 0.05) is 10.9 Å². The first-order chi connectivity index (χ1) is 15.0. The van der Waals surface area contributed by atoms with Gasteiger partial charge in [0.15, 0.2) is 28.6 Å². The number of methoxy groups -OCH3 is 4. The standard InChI is InChI=1S/C24H26O7/c1-6-7-8-9-16-20(15-10-11-17(27-2)22(26)23(15)31-16)21(25)14-12-18(28-3)24(30-5)19(13-14)29-4/h8-13,26H,6-7H2,1-5H3. The highest BCUT2D eigenvalue weighted by atomic mass is 16.5. The fraction of sp³-hybridized carbons (Fsp3) is 0.292. The Hall–Kier alpha value is -3.61. The van der Waals surface area contributed by atoms with Crippen molar-refractivity contribution in [3.05, 3.63) is 47.2 Å². The minimum Gasteiger partial charge on any atom is -0.502 e. The number of rotatable bonds is 9. The molecule has 1 aromatic heterocycles. The van der Waals surface area contributed by atoms with Crippen LogP contribution < -0.4 is 18.9 Å². The fourth-order valence-corrected chi connectivity index (χ4v) is 3.38. The Kier molecular flexibility index (Phi) is 6.74. The number of furan rings is 1. The molecular weight excluding hydrogens is 400 g/mol. The van der Waals surface area contributed by atoms with E-state index in [4.69, 9.17) is 23.4 Å². The minimum absolute atomic E-state index is 0.158. The quantitative estimate of drug-likeness (QED) is 0.470. The number of ether oxygens (including phenoxy) is 4. The number of ketones is 1. The van der Waals surface area contributed by atoms with Crippen molar-refractivity contribution in [3.63, 3.8) is 0 Å². The van der Waals surface area contributed by atoms with Crippen LogP contribution in [-0.2, 0) is 0 Å². The van der Waals surface area contributed by atoms with Crippen LogP contribution in [0.5, 0.6) is 28.7 Å². The number of allylic oxidation sites excluding steroid dienone is 1. The molecule has 0 spiro atoms. The van der Waals surface area contributed by atoms with E-state index in [1.165, 1.54) is 28.4 Å². The Bertz CT molecular complexity index is 1100. The summed E-state index contributed by atoms with van der Waals surface area (Å²) in [7, 11) is 5.93. The molecule has 0 aliphatic rings. The predicted molar refractivity (Wildman–Crippen MR) is 118 cm³/mol. The Morgan fingerprint density at radius 3 is 2.19 bits per heavy atom. The lowest BCUT2D eigenvalue weighted by atomic mass is 9.98. The number of benzene rings is 2. The molecule has 0 amide bonds. The number of carbonyl (C=O) groups excluding carboxylic acids is 1. The number of fused-ring (bicyclic) bond motifs is 1. The summed E-state index contributed by atoms with van der Waals surface area (Å²) in [5.41, 5.74) is 0.846. The Morgan fingerprint density at radius 2 is 1.65 bits per heavy atom. The van der Waals surface area contributed by atoms with Crippen LogP contribution in [0.2, 0.25) is 0 Å². The van der Waals surface area contributed by atoms with Gasteiger partial charge in [0.25, 0.3) is 0 Å². The van der Waals surface area contributed by atoms with Crippen molar-refractivity contribution in [2.24, 2.45) is 0 Å². The summed E-state index contributed by atoms with van der Waals surface area (Å²) in [5, 5.41) is 11.0. The van der Waals surface area contributed by atoms with Crippen molar-refractivity contribution in [1.29, 1.82) is 0 Å². The summed E-state index contributed by atoms with van der Waals surface area (Å²) in [4.78, 5) is 13.6. The van der Waals surface area contributed by atoms with E-state index in [0.29, 0.717) is 39.5 Å². The predicted octanol–water partition coefficient (Wildman–Crippen LogP) is 5.22. The van der Waals surface area contributed by atoms with Gasteiger partial charge in [0.2, 0.25) is 11.5 Å². The van der Waals surface area contributed by atoms with Gasteiger partial charge in [0.05, 0.1) is 34.0 Å². The molecule has 7 nitrogen and oxygen atoms in total. The summed E-state index contributed by atoms with van der Waals surface area (Å²) in [6.45, 7) is 2.06. The van der Waals surface area contributed by atoms with Gasteiger partial charge in [-0.2, -0.15) is 0 Å². The van der Waals surface area contributed by atoms with E-state index in [-0.39, 0.29) is 22.9 Å². The van der Waals surface area contributed by atoms with Crippen LogP contribution in [0.3, 0.4) is 0 Å². The van der Waals surface area contributed by atoms with E-state index in [1.807, 2.05) is 6.08 Å². The maximum atomic E-state index is 13.6. The lowest BCUT2D eigenvalue weighted by molar-refractivity contribution is 0.103. The summed E-state index contributed by atoms with van der Waals surface area (Å²) in [6, 6.07) is 6.47. The maximum absolute atomic E-state index is 13.6. The number of unbranched alkanes of at least 4 members (excludes halogenated alkanes) is 1. The zero-order valence-electron chi connectivity index (χ0n) is 18.3. The molecule has 1 N–H and O–H groups in total. The Morgan fingerprint density at radius 1 is 1.00 bits per heavy atom. The molecule has 0 unspecified atom stereocenters. The number of aromatic hydroxyl groups is 1. The first kappa shape index (κ1) is 22.1. The molecule has 2 aromatic carbocycles. The van der Waals surface area contributed by atoms with Crippen LogP contribution in [-0.4, -0.2) is 39.3 Å². The largest absolute Gasteiger partial charge is 0.502 e. The fourth-order valence-electron chi connectivity index (χ4n) is 3.38. The van der Waals surface area contributed by atoms with E-state index >= 15 is 0 Å². The molecule has 3 aromatic rings. The topological polar surface area (TPSA) is 87.4 Å². The van der Waals surface area contributed by atoms with Gasteiger partial charge >= 0.3 is 0 Å². The molecule has 0 aliphatic heterocycles. The van der Waals surface area contributed by atoms with Gasteiger partial charge < -0.3 is 28.5 Å². The third-order valence-electron chi connectivity index (χ3n) is 4.92. The van der Waals surface area contributed by atoms with Gasteiger partial charge in [-0.25, -0.2) is 0 Å². The van der Waals surface area contributed by atoms with Crippen molar-refractivity contribution >= 4 is 22.8 Å². The van der Waals surface area contributed by atoms with Gasteiger partial charge in [-0.05, 0) is 36.8 Å². The Labute approximate surface area is 180 Å². The van der Waals surface area contributed by atoms with E-state index < -0.39 is 0 Å². The van der Waals surface area contributed by atoms with Crippen molar-refractivity contribution in [2.75, 3.05) is 28.4 Å². The van der Waals surface area contributed by atoms with Crippen molar-refractivity contribution in [2.45, 2.75) is 19.8 Å². The molecule has 0 bridgehead atoms. The summed E-state index contributed by atoms with van der Waals surface area (Å²) < 4.78 is 27.2. The molecule has 0 atom stereocenters. The average Bonchev–Trinajstić information content (AvgIpc) is 3.17. The molecule has 1 heterocycles. The SMILES string of the molecule is CCCC=Cc1oc2c(O)c(OC)ccc2c1C(=O)c1cc(OC)c(OC)c(OC)c1. The van der Waals surface area contributed by atoms with E-state index in [9.17, 15) is 9.90 Å². The molecule has 31 heavy (non-hydrogen) atoms. The average molecular weight is 426 g/mol. The zero-order valence-corrected chi connectivity index (χ0v) is 18.3. The molecule has 0 aliphatic carbocycles. The zero-order chi connectivity index (χ0) is 22.5. The lowest BCUT2D eigenvalue weighted by Gasteiger charge is -2.13. The van der Waals surface area contributed by atoms with E-state index in [1.54, 1.807) is 30.3 Å². The number of hydrogen-bond donors (Lipinski definition) is 1. The van der Waals surface area contributed by atoms with Crippen LogP contribution >= 0.6 is 0 Å². The van der Waals surface area contributed by atoms with Crippen LogP contribution in [0.15, 0.2) is 34.8 Å². The summed E-state index contributed by atoms with van der Waals surface area (Å²) >= 11 is 0. The highest BCUT2D eigenvalue weighted by Gasteiger charge is 2.26. The van der Waals surface area contributed by atoms with Crippen LogP contribution in [0.4, 0.5) is 0 Å². The first-order valence-electron chi connectivity index (χ1n) is 9.84. The van der Waals surface area contributed by atoms with Crippen LogP contribution in [0, 0.1) is 0 Å². The third-order valence-corrected chi connectivity index (χ3v) is 4.92. The highest BCUT2D eigenvalue weighted by Crippen LogP contribution is 2.42. The number of phenols is 1. The van der Waals surface area contributed by atoms with E-state index in [0.717, 1.165) is 12.8 Å². The normalized spacial score (nSPS) is 11.1. The van der Waals surface area contributed by atoms with Crippen molar-refractivity contribution in [3.8, 4) is 28.7 Å². The third kappa shape index (κ3) is 4.03. The molecule has 0 radical (unpaired) electrons. The van der Waals surface area contributed by atoms with Gasteiger partial charge in [-0.3, -0.25) is 4.79 Å². The second-order valence-corrected chi connectivity index (χ2v) is 6.77. The molecule has 0 saturated heterocycles. The lowest BCUT2D eigenvalue weighted by Crippen LogP contribution is -2.05. The first-order valence-corrected chi connectivity index (χ1v) is 9.84. The van der Waals surface area contributed by atoms with Gasteiger partial charge in [-0.1, -0.05) is 19.4 Å². The van der Waals surface area contributed by atoms with Crippen molar-refractivity contribution < 1.29 is 33.3 Å². The molecule has 3 rings (SSSR count). The molecule has 164 valence electrons. The monoisotopic (exact) mass is 426 g/mol.